The van der Waals surface area contributed by atoms with E-state index in [2.05, 4.69) is 0 Å². The molecule has 0 bridgehead atoms. The first-order valence-corrected chi connectivity index (χ1v) is 5.35. The summed E-state index contributed by atoms with van der Waals surface area (Å²) in [7, 11) is 0. The molecule has 0 saturated carbocycles. The van der Waals surface area contributed by atoms with Crippen molar-refractivity contribution >= 4 is 12.4 Å². The Hall–Kier alpha value is -0.780. The lowest BCUT2D eigenvalue weighted by molar-refractivity contribution is -0.137. The monoisotopic (exact) mass is 283 g/mol. The lowest BCUT2D eigenvalue weighted by Gasteiger charge is -2.16. The molecular weight excluding hydrogens is 267 g/mol. The molecule has 0 amide bonds. The summed E-state index contributed by atoms with van der Waals surface area (Å²) in [5, 5.41) is 0. The van der Waals surface area contributed by atoms with E-state index >= 15 is 0 Å². The number of ether oxygens (including phenoxy) is 1. The van der Waals surface area contributed by atoms with Crippen LogP contribution in [0.5, 0.6) is 0 Å². The van der Waals surface area contributed by atoms with Gasteiger partial charge in [-0.3, -0.25) is 0 Å². The Kier molecular flexibility index (Phi) is 6.67. The van der Waals surface area contributed by atoms with E-state index in [1.54, 1.807) is 6.07 Å². The minimum absolute atomic E-state index is 0. The van der Waals surface area contributed by atoms with Crippen LogP contribution in [-0.4, -0.2) is 12.7 Å². The van der Waals surface area contributed by atoms with Gasteiger partial charge in [-0.15, -0.1) is 12.4 Å². The van der Waals surface area contributed by atoms with Crippen molar-refractivity contribution in [1.29, 1.82) is 0 Å². The van der Waals surface area contributed by atoms with Gasteiger partial charge in [0, 0.05) is 0 Å². The zero-order chi connectivity index (χ0) is 13.1. The second-order valence-corrected chi connectivity index (χ2v) is 4.11. The predicted octanol–water partition coefficient (Wildman–Crippen LogP) is 3.55. The second-order valence-electron chi connectivity index (χ2n) is 4.11. The van der Waals surface area contributed by atoms with Crippen LogP contribution in [0, 0.1) is 0 Å². The topological polar surface area (TPSA) is 35.2 Å². The fourth-order valence-electron chi connectivity index (χ4n) is 1.34. The van der Waals surface area contributed by atoms with E-state index < -0.39 is 17.8 Å². The van der Waals surface area contributed by atoms with E-state index in [1.165, 1.54) is 6.07 Å². The zero-order valence-electron chi connectivity index (χ0n) is 10.2. The normalized spacial score (nSPS) is 13.3. The largest absolute Gasteiger partial charge is 0.416 e. The van der Waals surface area contributed by atoms with Gasteiger partial charge in [-0.25, -0.2) is 0 Å². The van der Waals surface area contributed by atoms with Crippen molar-refractivity contribution in [3.63, 3.8) is 0 Å². The Morgan fingerprint density at radius 2 is 1.89 bits per heavy atom. The molecule has 2 N–H and O–H groups in total. The molecule has 0 saturated heterocycles. The smallest absolute Gasteiger partial charge is 0.377 e. The summed E-state index contributed by atoms with van der Waals surface area (Å²) in [6.45, 7) is 3.90. The van der Waals surface area contributed by atoms with Crippen molar-refractivity contribution < 1.29 is 17.9 Å². The highest BCUT2D eigenvalue weighted by Crippen LogP contribution is 2.30. The first-order chi connectivity index (χ1) is 7.80. The standard InChI is InChI=1S/C12H16F3NO.ClH/c1-8(2)17-7-11(16)9-4-3-5-10(6-9)12(13,14)15;/h3-6,8,11H,7,16H2,1-2H3;1H. The molecule has 1 aromatic carbocycles. The summed E-state index contributed by atoms with van der Waals surface area (Å²) in [6, 6.07) is 4.48. The molecule has 0 heterocycles. The number of rotatable bonds is 4. The molecule has 1 unspecified atom stereocenters. The van der Waals surface area contributed by atoms with Gasteiger partial charge in [0.05, 0.1) is 24.3 Å². The van der Waals surface area contributed by atoms with Gasteiger partial charge in [0.2, 0.25) is 0 Å². The van der Waals surface area contributed by atoms with Crippen LogP contribution in [0.2, 0.25) is 0 Å². The van der Waals surface area contributed by atoms with Gasteiger partial charge in [0.15, 0.2) is 0 Å². The van der Waals surface area contributed by atoms with Crippen molar-refractivity contribution in [2.75, 3.05) is 6.61 Å². The van der Waals surface area contributed by atoms with Gasteiger partial charge in [0.25, 0.3) is 0 Å². The number of halogens is 4. The molecule has 104 valence electrons. The maximum Gasteiger partial charge on any atom is 0.416 e. The van der Waals surface area contributed by atoms with Gasteiger partial charge in [-0.2, -0.15) is 13.2 Å². The third-order valence-electron chi connectivity index (χ3n) is 2.25. The number of nitrogens with two attached hydrogens (primary N) is 1. The number of alkyl halides is 3. The lowest BCUT2D eigenvalue weighted by Crippen LogP contribution is -2.20. The first-order valence-electron chi connectivity index (χ1n) is 5.35. The molecule has 18 heavy (non-hydrogen) atoms. The average molecular weight is 284 g/mol. The summed E-state index contributed by atoms with van der Waals surface area (Å²) in [5.41, 5.74) is 5.51. The van der Waals surface area contributed by atoms with Crippen molar-refractivity contribution in [1.82, 2.24) is 0 Å². The maximum atomic E-state index is 12.5. The van der Waals surface area contributed by atoms with Gasteiger partial charge in [-0.1, -0.05) is 12.1 Å². The molecule has 0 aliphatic carbocycles. The van der Waals surface area contributed by atoms with Gasteiger partial charge < -0.3 is 10.5 Å². The van der Waals surface area contributed by atoms with Crippen LogP contribution in [-0.2, 0) is 10.9 Å². The summed E-state index contributed by atoms with van der Waals surface area (Å²) in [4.78, 5) is 0. The molecule has 1 aromatic rings. The highest BCUT2D eigenvalue weighted by atomic mass is 35.5. The molecule has 1 atom stereocenters. The van der Waals surface area contributed by atoms with Crippen LogP contribution in [0.15, 0.2) is 24.3 Å². The van der Waals surface area contributed by atoms with Crippen molar-refractivity contribution in [3.05, 3.63) is 35.4 Å². The Morgan fingerprint density at radius 3 is 2.39 bits per heavy atom. The third kappa shape index (κ3) is 5.25. The van der Waals surface area contributed by atoms with Gasteiger partial charge in [-0.05, 0) is 31.5 Å². The van der Waals surface area contributed by atoms with Crippen LogP contribution < -0.4 is 5.73 Å². The molecule has 0 aliphatic rings. The van der Waals surface area contributed by atoms with E-state index in [1.807, 2.05) is 13.8 Å². The fourth-order valence-corrected chi connectivity index (χ4v) is 1.34. The molecule has 0 fully saturated rings. The van der Waals surface area contributed by atoms with Gasteiger partial charge in [0.1, 0.15) is 0 Å². The number of benzene rings is 1. The van der Waals surface area contributed by atoms with Crippen LogP contribution in [0.4, 0.5) is 13.2 Å². The van der Waals surface area contributed by atoms with Crippen LogP contribution in [0.3, 0.4) is 0 Å². The Labute approximate surface area is 111 Å². The molecular formula is C12H17ClF3NO. The van der Waals surface area contributed by atoms with Crippen LogP contribution >= 0.6 is 12.4 Å². The number of hydrogen-bond acceptors (Lipinski definition) is 2. The van der Waals surface area contributed by atoms with E-state index in [9.17, 15) is 13.2 Å². The van der Waals surface area contributed by atoms with Gasteiger partial charge >= 0.3 is 6.18 Å². The highest BCUT2D eigenvalue weighted by molar-refractivity contribution is 5.85. The molecule has 0 spiro atoms. The predicted molar refractivity (Wildman–Crippen MR) is 66.7 cm³/mol. The summed E-state index contributed by atoms with van der Waals surface area (Å²) >= 11 is 0. The summed E-state index contributed by atoms with van der Waals surface area (Å²) in [6.07, 6.45) is -4.33. The Morgan fingerprint density at radius 1 is 1.28 bits per heavy atom. The molecule has 1 rings (SSSR count). The summed E-state index contributed by atoms with van der Waals surface area (Å²) in [5.74, 6) is 0. The maximum absolute atomic E-state index is 12.5. The molecule has 2 nitrogen and oxygen atoms in total. The second kappa shape index (κ2) is 6.97. The molecule has 0 aromatic heterocycles. The van der Waals surface area contributed by atoms with E-state index in [0.717, 1.165) is 12.1 Å². The molecule has 6 heteroatoms. The molecule has 0 radical (unpaired) electrons. The first kappa shape index (κ1) is 17.2. The van der Waals surface area contributed by atoms with Crippen molar-refractivity contribution in [2.45, 2.75) is 32.2 Å². The van der Waals surface area contributed by atoms with Crippen LogP contribution in [0.25, 0.3) is 0 Å². The van der Waals surface area contributed by atoms with Crippen LogP contribution in [0.1, 0.15) is 31.0 Å². The van der Waals surface area contributed by atoms with E-state index in [0.29, 0.717) is 5.56 Å². The fraction of sp³-hybridized carbons (Fsp3) is 0.500. The summed E-state index contributed by atoms with van der Waals surface area (Å²) < 4.78 is 42.7. The minimum Gasteiger partial charge on any atom is -0.377 e. The Balaban J connectivity index is 0.00000289. The zero-order valence-corrected chi connectivity index (χ0v) is 11.0. The van der Waals surface area contributed by atoms with Crippen molar-refractivity contribution in [3.8, 4) is 0 Å². The Bertz CT molecular complexity index is 369. The highest BCUT2D eigenvalue weighted by Gasteiger charge is 2.30. The van der Waals surface area contributed by atoms with E-state index in [4.69, 9.17) is 10.5 Å². The third-order valence-corrected chi connectivity index (χ3v) is 2.25. The SMILES string of the molecule is CC(C)OCC(N)c1cccc(C(F)(F)F)c1.Cl. The minimum atomic E-state index is -4.34. The quantitative estimate of drug-likeness (QED) is 0.917. The van der Waals surface area contributed by atoms with E-state index in [-0.39, 0.29) is 25.1 Å². The average Bonchev–Trinajstić information content (AvgIpc) is 2.25. The number of hydrogen-bond donors (Lipinski definition) is 1. The molecule has 0 aliphatic heterocycles. The lowest BCUT2D eigenvalue weighted by atomic mass is 10.0. The van der Waals surface area contributed by atoms with Crippen molar-refractivity contribution in [2.24, 2.45) is 5.73 Å².